The first-order chi connectivity index (χ1) is 11.7. The molecular weight excluding hydrogens is 375 g/mol. The van der Waals surface area contributed by atoms with Crippen molar-refractivity contribution in [2.75, 3.05) is 5.88 Å². The molecule has 1 N–H and O–H groups in total. The van der Waals surface area contributed by atoms with Crippen molar-refractivity contribution >= 4 is 21.6 Å². The molecule has 0 fully saturated rings. The molecule has 0 bridgehead atoms. The Balaban J connectivity index is 2.01. The van der Waals surface area contributed by atoms with Gasteiger partial charge in [-0.05, 0) is 48.2 Å². The summed E-state index contributed by atoms with van der Waals surface area (Å²) >= 11 is 5.62. The quantitative estimate of drug-likeness (QED) is 0.713. The molecule has 2 rings (SSSR count). The fourth-order valence-corrected chi connectivity index (χ4v) is 3.33. The molecule has 8 heteroatoms. The molecule has 3 nitrogen and oxygen atoms in total. The summed E-state index contributed by atoms with van der Waals surface area (Å²) in [7, 11) is -3.73. The highest BCUT2D eigenvalue weighted by Crippen LogP contribution is 2.29. The van der Waals surface area contributed by atoms with Gasteiger partial charge in [-0.25, -0.2) is 13.1 Å². The first-order valence-electron chi connectivity index (χ1n) is 7.53. The number of hydrogen-bond donors (Lipinski definition) is 1. The average Bonchev–Trinajstić information content (AvgIpc) is 2.58. The van der Waals surface area contributed by atoms with Crippen molar-refractivity contribution in [3.05, 3.63) is 65.2 Å². The Morgan fingerprint density at radius 3 is 2.00 bits per heavy atom. The molecule has 0 atom stereocenters. The van der Waals surface area contributed by atoms with Gasteiger partial charge in [0.05, 0.1) is 10.5 Å². The summed E-state index contributed by atoms with van der Waals surface area (Å²) in [4.78, 5) is 0.106. The molecule has 0 unspecified atom stereocenters. The van der Waals surface area contributed by atoms with Crippen molar-refractivity contribution in [1.82, 2.24) is 4.72 Å². The fraction of sp³-hybridized carbons (Fsp3) is 0.294. The number of hydrogen-bond acceptors (Lipinski definition) is 2. The van der Waals surface area contributed by atoms with Crippen molar-refractivity contribution in [2.45, 2.75) is 30.5 Å². The molecule has 136 valence electrons. The Morgan fingerprint density at radius 1 is 0.920 bits per heavy atom. The Bertz CT molecular complexity index is 788. The molecule has 0 aromatic heterocycles. The van der Waals surface area contributed by atoms with Crippen LogP contribution in [-0.2, 0) is 29.2 Å². The fourth-order valence-electron chi connectivity index (χ4n) is 2.18. The van der Waals surface area contributed by atoms with Gasteiger partial charge < -0.3 is 0 Å². The average molecular weight is 392 g/mol. The molecule has 0 heterocycles. The van der Waals surface area contributed by atoms with Crippen molar-refractivity contribution in [3.8, 4) is 0 Å². The van der Waals surface area contributed by atoms with Crippen LogP contribution >= 0.6 is 11.6 Å². The van der Waals surface area contributed by atoms with E-state index in [9.17, 15) is 21.6 Å². The molecule has 0 aliphatic carbocycles. The number of rotatable bonds is 7. The maximum atomic E-state index is 12.5. The number of nitrogens with one attached hydrogen (secondary N) is 1. The van der Waals surface area contributed by atoms with Gasteiger partial charge in [0.25, 0.3) is 0 Å². The summed E-state index contributed by atoms with van der Waals surface area (Å²) in [5, 5.41) is 0. The predicted octanol–water partition coefficient (Wildman–Crippen LogP) is 4.36. The maximum absolute atomic E-state index is 12.5. The van der Waals surface area contributed by atoms with Crippen LogP contribution in [0.5, 0.6) is 0 Å². The number of aryl methyl sites for hydroxylation is 1. The lowest BCUT2D eigenvalue weighted by Gasteiger charge is -2.10. The lowest BCUT2D eigenvalue weighted by atomic mass is 10.1. The first kappa shape index (κ1) is 19.8. The zero-order valence-electron chi connectivity index (χ0n) is 13.2. The number of halogens is 4. The van der Waals surface area contributed by atoms with Crippen LogP contribution in [-0.4, -0.2) is 14.3 Å². The van der Waals surface area contributed by atoms with Crippen LogP contribution in [0.4, 0.5) is 13.2 Å². The molecule has 0 aliphatic heterocycles. The molecule has 2 aromatic carbocycles. The lowest BCUT2D eigenvalue weighted by molar-refractivity contribution is -0.137. The van der Waals surface area contributed by atoms with Crippen LogP contribution in [0.3, 0.4) is 0 Å². The van der Waals surface area contributed by atoms with E-state index >= 15 is 0 Å². The van der Waals surface area contributed by atoms with E-state index < -0.39 is 21.8 Å². The van der Waals surface area contributed by atoms with Gasteiger partial charge >= 0.3 is 6.18 Å². The first-order valence-corrected chi connectivity index (χ1v) is 9.55. The summed E-state index contributed by atoms with van der Waals surface area (Å²) in [5.41, 5.74) is 0.657. The summed E-state index contributed by atoms with van der Waals surface area (Å²) in [6, 6.07) is 10.8. The molecule has 0 saturated carbocycles. The van der Waals surface area contributed by atoms with Gasteiger partial charge in [-0.2, -0.15) is 13.2 Å². The zero-order chi connectivity index (χ0) is 18.5. The van der Waals surface area contributed by atoms with Gasteiger partial charge in [0.1, 0.15) is 0 Å². The van der Waals surface area contributed by atoms with Gasteiger partial charge in [0.15, 0.2) is 0 Å². The van der Waals surface area contributed by atoms with Crippen LogP contribution in [0.15, 0.2) is 53.4 Å². The van der Waals surface area contributed by atoms with Gasteiger partial charge in [-0.3, -0.25) is 0 Å². The molecule has 0 amide bonds. The maximum Gasteiger partial charge on any atom is 0.416 e. The van der Waals surface area contributed by atoms with E-state index in [1.807, 2.05) is 0 Å². The summed E-state index contributed by atoms with van der Waals surface area (Å²) in [6.45, 7) is -0.0888. The number of sulfonamides is 1. The number of alkyl halides is 4. The molecule has 0 aliphatic rings. The molecule has 0 saturated heterocycles. The van der Waals surface area contributed by atoms with Gasteiger partial charge in [0, 0.05) is 12.4 Å². The normalized spacial score (nSPS) is 12.3. The molecule has 0 radical (unpaired) electrons. The standard InChI is InChI=1S/C17H17ClF3NO2S/c18-11-1-2-13-5-9-16(10-6-13)25(23,24)22-12-14-3-7-15(8-4-14)17(19,20)21/h3-10,22H,1-2,11-12H2. The van der Waals surface area contributed by atoms with E-state index in [1.54, 1.807) is 12.1 Å². The van der Waals surface area contributed by atoms with Gasteiger partial charge in [-0.1, -0.05) is 24.3 Å². The Morgan fingerprint density at radius 2 is 1.48 bits per heavy atom. The van der Waals surface area contributed by atoms with Crippen molar-refractivity contribution in [2.24, 2.45) is 0 Å². The summed E-state index contributed by atoms with van der Waals surface area (Å²) < 4.78 is 64.4. The van der Waals surface area contributed by atoms with Gasteiger partial charge in [-0.15, -0.1) is 11.6 Å². The van der Waals surface area contributed by atoms with Crippen LogP contribution in [0.1, 0.15) is 23.1 Å². The third-order valence-corrected chi connectivity index (χ3v) is 5.26. The minimum Gasteiger partial charge on any atom is -0.207 e. The second-order valence-corrected chi connectivity index (χ2v) is 7.60. The third-order valence-electron chi connectivity index (χ3n) is 3.58. The zero-order valence-corrected chi connectivity index (χ0v) is 14.8. The molecular formula is C17H17ClF3NO2S. The lowest BCUT2D eigenvalue weighted by Crippen LogP contribution is -2.23. The summed E-state index contributed by atoms with van der Waals surface area (Å²) in [6.07, 6.45) is -2.84. The van der Waals surface area contributed by atoms with Crippen molar-refractivity contribution in [3.63, 3.8) is 0 Å². The van der Waals surface area contributed by atoms with E-state index in [0.29, 0.717) is 11.4 Å². The molecule has 2 aromatic rings. The monoisotopic (exact) mass is 391 g/mol. The Labute approximate surface area is 149 Å². The highest BCUT2D eigenvalue weighted by Gasteiger charge is 2.29. The van der Waals surface area contributed by atoms with E-state index in [0.717, 1.165) is 30.5 Å². The summed E-state index contributed by atoms with van der Waals surface area (Å²) in [5.74, 6) is 0.536. The van der Waals surface area contributed by atoms with Crippen LogP contribution in [0, 0.1) is 0 Å². The predicted molar refractivity (Wildman–Crippen MR) is 91.0 cm³/mol. The van der Waals surface area contributed by atoms with E-state index in [-0.39, 0.29) is 11.4 Å². The smallest absolute Gasteiger partial charge is 0.207 e. The molecule has 25 heavy (non-hydrogen) atoms. The molecule has 0 spiro atoms. The largest absolute Gasteiger partial charge is 0.416 e. The Hall–Kier alpha value is -1.57. The second-order valence-electron chi connectivity index (χ2n) is 5.46. The van der Waals surface area contributed by atoms with E-state index in [4.69, 9.17) is 11.6 Å². The van der Waals surface area contributed by atoms with Crippen molar-refractivity contribution in [1.29, 1.82) is 0 Å². The van der Waals surface area contributed by atoms with Crippen LogP contribution in [0.25, 0.3) is 0 Å². The van der Waals surface area contributed by atoms with E-state index in [1.165, 1.54) is 24.3 Å². The Kier molecular flexibility index (Phi) is 6.48. The minimum atomic E-state index is -4.41. The van der Waals surface area contributed by atoms with E-state index in [2.05, 4.69) is 4.72 Å². The second kappa shape index (κ2) is 8.21. The number of benzene rings is 2. The third kappa shape index (κ3) is 5.73. The van der Waals surface area contributed by atoms with Crippen LogP contribution in [0.2, 0.25) is 0 Å². The van der Waals surface area contributed by atoms with Crippen LogP contribution < -0.4 is 4.72 Å². The highest BCUT2D eigenvalue weighted by atomic mass is 35.5. The van der Waals surface area contributed by atoms with Crippen molar-refractivity contribution < 1.29 is 21.6 Å². The SMILES string of the molecule is O=S(=O)(NCc1ccc(C(F)(F)F)cc1)c1ccc(CCCCl)cc1. The topological polar surface area (TPSA) is 46.2 Å². The van der Waals surface area contributed by atoms with Gasteiger partial charge in [0.2, 0.25) is 10.0 Å². The highest BCUT2D eigenvalue weighted by molar-refractivity contribution is 7.89. The minimum absolute atomic E-state index is 0.0888.